The van der Waals surface area contributed by atoms with E-state index >= 15 is 0 Å². The number of nitrogens with zero attached hydrogens (tertiary/aromatic N) is 1. The Morgan fingerprint density at radius 3 is 2.67 bits per heavy atom. The molecule has 3 heteroatoms. The summed E-state index contributed by atoms with van der Waals surface area (Å²) in [5.41, 5.74) is 1.35. The maximum Gasteiger partial charge on any atom is 0.122 e. The van der Waals surface area contributed by atoms with E-state index in [-0.39, 0.29) is 6.04 Å². The molecule has 1 heterocycles. The predicted octanol–water partition coefficient (Wildman–Crippen LogP) is 3.60. The minimum Gasteiger partial charge on any atom is -0.347 e. The van der Waals surface area contributed by atoms with Crippen molar-refractivity contribution in [2.24, 2.45) is 0 Å². The van der Waals surface area contributed by atoms with Crippen LogP contribution >= 0.6 is 0 Å². The first-order chi connectivity index (χ1) is 8.81. The Morgan fingerprint density at radius 1 is 1.28 bits per heavy atom. The van der Waals surface area contributed by atoms with Crippen LogP contribution in [0.25, 0.3) is 0 Å². The van der Waals surface area contributed by atoms with E-state index in [0.29, 0.717) is 6.04 Å². The topological polar surface area (TPSA) is 40.7 Å². The van der Waals surface area contributed by atoms with E-state index in [4.69, 9.17) is 0 Å². The van der Waals surface area contributed by atoms with Gasteiger partial charge in [0.15, 0.2) is 0 Å². The normalized spacial score (nSPS) is 14.3. The molecule has 2 N–H and O–H groups in total. The zero-order valence-corrected chi connectivity index (χ0v) is 11.1. The van der Waals surface area contributed by atoms with Crippen molar-refractivity contribution in [1.29, 1.82) is 0 Å². The lowest BCUT2D eigenvalue weighted by molar-refractivity contribution is 0.429. The first kappa shape index (κ1) is 12.8. The third kappa shape index (κ3) is 3.20. The van der Waals surface area contributed by atoms with Crippen LogP contribution in [0.5, 0.6) is 0 Å². The summed E-state index contributed by atoms with van der Waals surface area (Å²) in [6, 6.07) is 11.2. The molecule has 1 aromatic heterocycles. The van der Waals surface area contributed by atoms with Gasteiger partial charge in [-0.05, 0) is 18.9 Å². The van der Waals surface area contributed by atoms with Gasteiger partial charge in [0.05, 0.1) is 6.04 Å². The minimum absolute atomic E-state index is 0.233. The van der Waals surface area contributed by atoms with Crippen LogP contribution in [0.3, 0.4) is 0 Å². The SMILES string of the molecule is CCCC(NC(C)c1ncc[nH]1)c1ccccc1. The highest BCUT2D eigenvalue weighted by molar-refractivity contribution is 5.19. The highest BCUT2D eigenvalue weighted by Crippen LogP contribution is 2.21. The zero-order valence-electron chi connectivity index (χ0n) is 11.1. The number of benzene rings is 1. The van der Waals surface area contributed by atoms with Crippen molar-refractivity contribution in [3.05, 3.63) is 54.1 Å². The first-order valence-corrected chi connectivity index (χ1v) is 6.61. The van der Waals surface area contributed by atoms with Crippen molar-refractivity contribution in [1.82, 2.24) is 15.3 Å². The molecule has 0 aliphatic heterocycles. The Balaban J connectivity index is 2.07. The Kier molecular flexibility index (Phi) is 4.53. The molecule has 0 bridgehead atoms. The van der Waals surface area contributed by atoms with Crippen LogP contribution in [0.1, 0.15) is 50.2 Å². The largest absolute Gasteiger partial charge is 0.347 e. The van der Waals surface area contributed by atoms with Gasteiger partial charge in [0, 0.05) is 18.4 Å². The first-order valence-electron chi connectivity index (χ1n) is 6.61. The summed E-state index contributed by atoms with van der Waals surface area (Å²) < 4.78 is 0. The van der Waals surface area contributed by atoms with Gasteiger partial charge in [-0.25, -0.2) is 4.98 Å². The fourth-order valence-electron chi connectivity index (χ4n) is 2.22. The summed E-state index contributed by atoms with van der Waals surface area (Å²) in [7, 11) is 0. The molecule has 0 amide bonds. The van der Waals surface area contributed by atoms with Crippen LogP contribution < -0.4 is 5.32 Å². The molecular formula is C15H21N3. The average Bonchev–Trinajstić information content (AvgIpc) is 2.93. The quantitative estimate of drug-likeness (QED) is 0.813. The highest BCUT2D eigenvalue weighted by Gasteiger charge is 2.15. The standard InChI is InChI=1S/C15H21N3/c1-3-7-14(13-8-5-4-6-9-13)18-12(2)15-16-10-11-17-15/h4-6,8-12,14,18H,3,7H2,1-2H3,(H,16,17). The van der Waals surface area contributed by atoms with Gasteiger partial charge in [-0.15, -0.1) is 0 Å². The van der Waals surface area contributed by atoms with Crippen LogP contribution in [0.2, 0.25) is 0 Å². The van der Waals surface area contributed by atoms with Gasteiger partial charge >= 0.3 is 0 Å². The third-order valence-corrected chi connectivity index (χ3v) is 3.16. The maximum atomic E-state index is 4.30. The van der Waals surface area contributed by atoms with Gasteiger partial charge in [0.1, 0.15) is 5.82 Å². The average molecular weight is 243 g/mol. The number of hydrogen-bond acceptors (Lipinski definition) is 2. The molecule has 0 fully saturated rings. The number of nitrogens with one attached hydrogen (secondary N) is 2. The van der Waals surface area contributed by atoms with E-state index in [1.54, 1.807) is 6.20 Å². The monoisotopic (exact) mass is 243 g/mol. The third-order valence-electron chi connectivity index (χ3n) is 3.16. The molecular weight excluding hydrogens is 222 g/mol. The van der Waals surface area contributed by atoms with E-state index < -0.39 is 0 Å². The number of hydrogen-bond donors (Lipinski definition) is 2. The molecule has 18 heavy (non-hydrogen) atoms. The van der Waals surface area contributed by atoms with Gasteiger partial charge in [-0.2, -0.15) is 0 Å². The molecule has 0 radical (unpaired) electrons. The van der Waals surface area contributed by atoms with Gasteiger partial charge in [-0.1, -0.05) is 43.7 Å². The molecule has 0 spiro atoms. The van der Waals surface area contributed by atoms with E-state index in [1.165, 1.54) is 5.56 Å². The van der Waals surface area contributed by atoms with Crippen molar-refractivity contribution in [3.8, 4) is 0 Å². The minimum atomic E-state index is 0.233. The number of aromatic amines is 1. The van der Waals surface area contributed by atoms with E-state index in [1.807, 2.05) is 6.20 Å². The van der Waals surface area contributed by atoms with Gasteiger partial charge in [-0.3, -0.25) is 0 Å². The van der Waals surface area contributed by atoms with E-state index in [0.717, 1.165) is 18.7 Å². The lowest BCUT2D eigenvalue weighted by Gasteiger charge is -2.22. The van der Waals surface area contributed by atoms with Crippen LogP contribution in [0.15, 0.2) is 42.7 Å². The fourth-order valence-corrected chi connectivity index (χ4v) is 2.22. The summed E-state index contributed by atoms with van der Waals surface area (Å²) in [5, 5.41) is 3.64. The van der Waals surface area contributed by atoms with Gasteiger partial charge in [0.25, 0.3) is 0 Å². The highest BCUT2D eigenvalue weighted by atomic mass is 15.0. The lowest BCUT2D eigenvalue weighted by atomic mass is 10.0. The Morgan fingerprint density at radius 2 is 2.06 bits per heavy atom. The molecule has 2 atom stereocenters. The molecule has 2 unspecified atom stereocenters. The maximum absolute atomic E-state index is 4.30. The Bertz CT molecular complexity index is 436. The number of H-pyrrole nitrogens is 1. The Hall–Kier alpha value is -1.61. The van der Waals surface area contributed by atoms with Crippen molar-refractivity contribution < 1.29 is 0 Å². The summed E-state index contributed by atoms with van der Waals surface area (Å²) in [6.07, 6.45) is 5.96. The van der Waals surface area contributed by atoms with E-state index in [9.17, 15) is 0 Å². The van der Waals surface area contributed by atoms with Crippen molar-refractivity contribution in [2.45, 2.75) is 38.8 Å². The van der Waals surface area contributed by atoms with Crippen molar-refractivity contribution in [2.75, 3.05) is 0 Å². The second-order valence-electron chi connectivity index (χ2n) is 4.61. The molecule has 0 aliphatic carbocycles. The smallest absolute Gasteiger partial charge is 0.122 e. The summed E-state index contributed by atoms with van der Waals surface area (Å²) in [5.74, 6) is 0.993. The molecule has 0 saturated heterocycles. The summed E-state index contributed by atoms with van der Waals surface area (Å²) >= 11 is 0. The van der Waals surface area contributed by atoms with Gasteiger partial charge in [0.2, 0.25) is 0 Å². The number of aromatic nitrogens is 2. The molecule has 0 aliphatic rings. The number of rotatable bonds is 6. The number of imidazole rings is 1. The molecule has 1 aromatic carbocycles. The molecule has 0 saturated carbocycles. The second kappa shape index (κ2) is 6.36. The van der Waals surface area contributed by atoms with Crippen LogP contribution in [-0.2, 0) is 0 Å². The molecule has 2 aromatic rings. The van der Waals surface area contributed by atoms with Crippen molar-refractivity contribution in [3.63, 3.8) is 0 Å². The lowest BCUT2D eigenvalue weighted by Crippen LogP contribution is -2.25. The molecule has 3 nitrogen and oxygen atoms in total. The van der Waals surface area contributed by atoms with Crippen LogP contribution in [0, 0.1) is 0 Å². The molecule has 2 rings (SSSR count). The van der Waals surface area contributed by atoms with Crippen LogP contribution in [-0.4, -0.2) is 9.97 Å². The van der Waals surface area contributed by atoms with E-state index in [2.05, 4.69) is 59.5 Å². The molecule has 96 valence electrons. The zero-order chi connectivity index (χ0) is 12.8. The summed E-state index contributed by atoms with van der Waals surface area (Å²) in [4.78, 5) is 7.47. The fraction of sp³-hybridized carbons (Fsp3) is 0.400. The van der Waals surface area contributed by atoms with Crippen molar-refractivity contribution >= 4 is 0 Å². The predicted molar refractivity (Wildman–Crippen MR) is 74.2 cm³/mol. The second-order valence-corrected chi connectivity index (χ2v) is 4.61. The summed E-state index contributed by atoms with van der Waals surface area (Å²) in [6.45, 7) is 4.36. The van der Waals surface area contributed by atoms with Gasteiger partial charge < -0.3 is 10.3 Å². The van der Waals surface area contributed by atoms with Crippen LogP contribution in [0.4, 0.5) is 0 Å². The Labute approximate surface area is 109 Å².